The summed E-state index contributed by atoms with van der Waals surface area (Å²) < 4.78 is 0. The van der Waals surface area contributed by atoms with Crippen LogP contribution in [-0.2, 0) is 6.54 Å². The van der Waals surface area contributed by atoms with Crippen LogP contribution < -0.4 is 10.2 Å². The zero-order valence-corrected chi connectivity index (χ0v) is 13.0. The molecule has 1 aliphatic rings. The molecule has 1 N–H and O–H groups in total. The van der Waals surface area contributed by atoms with Gasteiger partial charge in [0, 0.05) is 31.4 Å². The molecule has 0 atom stereocenters. The second-order valence-electron chi connectivity index (χ2n) is 5.11. The molecule has 1 fully saturated rings. The van der Waals surface area contributed by atoms with E-state index < -0.39 is 0 Å². The Morgan fingerprint density at radius 3 is 2.32 bits per heavy atom. The van der Waals surface area contributed by atoms with Crippen molar-refractivity contribution < 1.29 is 0 Å². The van der Waals surface area contributed by atoms with Gasteiger partial charge in [0.2, 0.25) is 0 Å². The average Bonchev–Trinajstić information content (AvgIpc) is 2.49. The Morgan fingerprint density at radius 2 is 1.74 bits per heavy atom. The van der Waals surface area contributed by atoms with E-state index in [0.717, 1.165) is 25.7 Å². The molecule has 0 aliphatic carbocycles. The summed E-state index contributed by atoms with van der Waals surface area (Å²) in [7, 11) is 0. The minimum absolute atomic E-state index is 0.726. The van der Waals surface area contributed by atoms with E-state index in [-0.39, 0.29) is 0 Å². The molecule has 1 saturated heterocycles. The Labute approximate surface area is 122 Å². The molecular formula is C16H26N2S. The fourth-order valence-corrected chi connectivity index (χ4v) is 3.68. The number of hydrogen-bond acceptors (Lipinski definition) is 3. The van der Waals surface area contributed by atoms with E-state index in [2.05, 4.69) is 60.1 Å². The van der Waals surface area contributed by atoms with Crippen LogP contribution in [0.3, 0.4) is 0 Å². The number of benzene rings is 1. The van der Waals surface area contributed by atoms with Crippen LogP contribution in [0.4, 0.5) is 5.69 Å². The van der Waals surface area contributed by atoms with Crippen molar-refractivity contribution in [2.45, 2.75) is 39.3 Å². The van der Waals surface area contributed by atoms with Gasteiger partial charge in [-0.3, -0.25) is 0 Å². The largest absolute Gasteiger partial charge is 0.372 e. The Bertz CT molecular complexity index is 354. The van der Waals surface area contributed by atoms with Gasteiger partial charge in [-0.2, -0.15) is 11.8 Å². The van der Waals surface area contributed by atoms with Crippen LogP contribution in [0.2, 0.25) is 0 Å². The smallest absolute Gasteiger partial charge is 0.0366 e. The van der Waals surface area contributed by atoms with Crippen LogP contribution >= 0.6 is 11.8 Å². The fourth-order valence-electron chi connectivity index (χ4n) is 2.58. The van der Waals surface area contributed by atoms with E-state index in [1.807, 2.05) is 0 Å². The quantitative estimate of drug-likeness (QED) is 0.857. The first-order valence-corrected chi connectivity index (χ1v) is 8.64. The van der Waals surface area contributed by atoms with Gasteiger partial charge in [-0.1, -0.05) is 12.1 Å². The Morgan fingerprint density at radius 1 is 1.11 bits per heavy atom. The maximum atomic E-state index is 3.69. The molecule has 19 heavy (non-hydrogen) atoms. The van der Waals surface area contributed by atoms with Crippen LogP contribution in [-0.4, -0.2) is 30.6 Å². The number of nitrogens with one attached hydrogen (secondary N) is 1. The van der Waals surface area contributed by atoms with E-state index in [9.17, 15) is 0 Å². The third-order valence-electron chi connectivity index (χ3n) is 3.88. The van der Waals surface area contributed by atoms with E-state index in [1.54, 1.807) is 0 Å². The summed E-state index contributed by atoms with van der Waals surface area (Å²) in [6.45, 7) is 7.58. The van der Waals surface area contributed by atoms with Gasteiger partial charge in [0.15, 0.2) is 0 Å². The molecule has 1 aromatic carbocycles. The van der Waals surface area contributed by atoms with Crippen molar-refractivity contribution in [1.29, 1.82) is 0 Å². The molecule has 0 unspecified atom stereocenters. The van der Waals surface area contributed by atoms with Gasteiger partial charge in [-0.05, 0) is 55.9 Å². The first kappa shape index (κ1) is 14.7. The second kappa shape index (κ2) is 7.81. The summed E-state index contributed by atoms with van der Waals surface area (Å²) in [6.07, 6.45) is 2.64. The number of thioether (sulfide) groups is 1. The third kappa shape index (κ3) is 4.43. The minimum atomic E-state index is 0.726. The SMILES string of the molecule is CCN(CC)c1ccc(CNC2CCSCC2)cc1. The highest BCUT2D eigenvalue weighted by Crippen LogP contribution is 2.18. The Kier molecular flexibility index (Phi) is 6.05. The van der Waals surface area contributed by atoms with Crippen molar-refractivity contribution in [2.75, 3.05) is 29.5 Å². The summed E-state index contributed by atoms with van der Waals surface area (Å²) in [4.78, 5) is 2.38. The monoisotopic (exact) mass is 278 g/mol. The molecule has 0 radical (unpaired) electrons. The van der Waals surface area contributed by atoms with Gasteiger partial charge in [0.25, 0.3) is 0 Å². The van der Waals surface area contributed by atoms with E-state index in [0.29, 0.717) is 0 Å². The van der Waals surface area contributed by atoms with Gasteiger partial charge < -0.3 is 10.2 Å². The van der Waals surface area contributed by atoms with Gasteiger partial charge in [0.1, 0.15) is 0 Å². The van der Waals surface area contributed by atoms with Crippen LogP contribution in [0.1, 0.15) is 32.3 Å². The third-order valence-corrected chi connectivity index (χ3v) is 4.93. The number of rotatable bonds is 6. The van der Waals surface area contributed by atoms with Crippen LogP contribution in [0.5, 0.6) is 0 Å². The summed E-state index contributed by atoms with van der Waals surface area (Å²) in [5.74, 6) is 2.64. The minimum Gasteiger partial charge on any atom is -0.372 e. The molecule has 0 saturated carbocycles. The number of hydrogen-bond donors (Lipinski definition) is 1. The highest BCUT2D eigenvalue weighted by atomic mass is 32.2. The lowest BCUT2D eigenvalue weighted by molar-refractivity contribution is 0.482. The van der Waals surface area contributed by atoms with Gasteiger partial charge in [-0.25, -0.2) is 0 Å². The molecule has 3 heteroatoms. The van der Waals surface area contributed by atoms with Crippen molar-refractivity contribution in [3.8, 4) is 0 Å². The highest BCUT2D eigenvalue weighted by molar-refractivity contribution is 7.99. The maximum Gasteiger partial charge on any atom is 0.0366 e. The predicted octanol–water partition coefficient (Wildman–Crippen LogP) is 3.52. The average molecular weight is 278 g/mol. The molecule has 2 rings (SSSR count). The molecular weight excluding hydrogens is 252 g/mol. The molecule has 106 valence electrons. The molecule has 1 aliphatic heterocycles. The summed E-state index contributed by atoms with van der Waals surface area (Å²) in [5, 5.41) is 3.69. The van der Waals surface area contributed by atoms with Crippen LogP contribution in [0.25, 0.3) is 0 Å². The van der Waals surface area contributed by atoms with Gasteiger partial charge in [-0.15, -0.1) is 0 Å². The van der Waals surface area contributed by atoms with Crippen molar-refractivity contribution in [1.82, 2.24) is 5.32 Å². The van der Waals surface area contributed by atoms with Gasteiger partial charge in [0.05, 0.1) is 0 Å². The molecule has 0 bridgehead atoms. The van der Waals surface area contributed by atoms with E-state index in [4.69, 9.17) is 0 Å². The number of nitrogens with zero attached hydrogens (tertiary/aromatic N) is 1. The standard InChI is InChI=1S/C16H26N2S/c1-3-18(4-2)16-7-5-14(6-8-16)13-17-15-9-11-19-12-10-15/h5-8,15,17H,3-4,9-13H2,1-2H3. The van der Waals surface area contributed by atoms with Crippen molar-refractivity contribution in [3.05, 3.63) is 29.8 Å². The fraction of sp³-hybridized carbons (Fsp3) is 0.625. The van der Waals surface area contributed by atoms with E-state index >= 15 is 0 Å². The molecule has 0 amide bonds. The first-order chi connectivity index (χ1) is 9.33. The molecule has 0 spiro atoms. The van der Waals surface area contributed by atoms with Crippen molar-refractivity contribution >= 4 is 17.4 Å². The lowest BCUT2D eigenvalue weighted by Gasteiger charge is -2.23. The number of anilines is 1. The molecule has 1 aromatic rings. The Balaban J connectivity index is 1.84. The lowest BCUT2D eigenvalue weighted by atomic mass is 10.1. The normalized spacial score (nSPS) is 16.5. The summed E-state index contributed by atoms with van der Waals surface area (Å²) in [5.41, 5.74) is 2.73. The summed E-state index contributed by atoms with van der Waals surface area (Å²) in [6, 6.07) is 9.75. The van der Waals surface area contributed by atoms with Gasteiger partial charge >= 0.3 is 0 Å². The molecule has 2 nitrogen and oxygen atoms in total. The predicted molar refractivity (Wildman–Crippen MR) is 87.2 cm³/mol. The zero-order valence-electron chi connectivity index (χ0n) is 12.2. The highest BCUT2D eigenvalue weighted by Gasteiger charge is 2.12. The van der Waals surface area contributed by atoms with Crippen LogP contribution in [0, 0.1) is 0 Å². The van der Waals surface area contributed by atoms with Crippen molar-refractivity contribution in [2.24, 2.45) is 0 Å². The zero-order chi connectivity index (χ0) is 13.5. The molecule has 1 heterocycles. The Hall–Kier alpha value is -0.670. The topological polar surface area (TPSA) is 15.3 Å². The first-order valence-electron chi connectivity index (χ1n) is 7.48. The second-order valence-corrected chi connectivity index (χ2v) is 6.33. The van der Waals surface area contributed by atoms with Crippen LogP contribution in [0.15, 0.2) is 24.3 Å². The van der Waals surface area contributed by atoms with Crippen molar-refractivity contribution in [3.63, 3.8) is 0 Å². The molecule has 0 aromatic heterocycles. The lowest BCUT2D eigenvalue weighted by Crippen LogP contribution is -2.32. The summed E-state index contributed by atoms with van der Waals surface area (Å²) >= 11 is 2.08. The maximum absolute atomic E-state index is 3.69. The van der Waals surface area contributed by atoms with E-state index in [1.165, 1.54) is 35.6 Å².